The zero-order valence-electron chi connectivity index (χ0n) is 17.1. The van der Waals surface area contributed by atoms with Crippen molar-refractivity contribution in [2.45, 2.75) is 25.8 Å². The lowest BCUT2D eigenvalue weighted by Crippen LogP contribution is -2.31. The molecule has 3 rings (SSSR count). The molecule has 0 saturated carbocycles. The van der Waals surface area contributed by atoms with Crippen molar-refractivity contribution >= 4 is 17.4 Å². The number of aliphatic hydroxyl groups is 1. The van der Waals surface area contributed by atoms with Crippen LogP contribution in [0.25, 0.3) is 5.76 Å². The molecule has 1 aliphatic rings. The van der Waals surface area contributed by atoms with Gasteiger partial charge in [-0.05, 0) is 24.6 Å². The third-order valence-corrected chi connectivity index (χ3v) is 5.16. The van der Waals surface area contributed by atoms with Crippen molar-refractivity contribution in [1.82, 2.24) is 4.90 Å². The number of carbonyl (C=O) groups is 2. The van der Waals surface area contributed by atoms with E-state index in [1.807, 2.05) is 6.92 Å². The molecule has 0 spiro atoms. The minimum absolute atomic E-state index is 0.154. The van der Waals surface area contributed by atoms with Crippen molar-refractivity contribution < 1.29 is 28.6 Å². The Morgan fingerprint density at radius 2 is 1.87 bits per heavy atom. The number of ether oxygens (including phenoxy) is 2. The van der Waals surface area contributed by atoms with E-state index in [0.29, 0.717) is 12.2 Å². The number of ketones is 1. The van der Waals surface area contributed by atoms with Gasteiger partial charge in [-0.25, -0.2) is 4.39 Å². The van der Waals surface area contributed by atoms with Crippen molar-refractivity contribution in [1.29, 1.82) is 0 Å². The van der Waals surface area contributed by atoms with Gasteiger partial charge < -0.3 is 19.5 Å². The van der Waals surface area contributed by atoms with Gasteiger partial charge in [-0.1, -0.05) is 31.5 Å². The van der Waals surface area contributed by atoms with Crippen molar-refractivity contribution in [3.05, 3.63) is 65.0 Å². The Morgan fingerprint density at radius 3 is 2.50 bits per heavy atom. The minimum atomic E-state index is -1.02. The Hall–Kier alpha value is -3.35. The highest BCUT2D eigenvalue weighted by Gasteiger charge is 2.46. The summed E-state index contributed by atoms with van der Waals surface area (Å²) in [7, 11) is 2.91. The Bertz CT molecular complexity index is 1000. The summed E-state index contributed by atoms with van der Waals surface area (Å²) in [6, 6.07) is 9.61. The first-order valence-corrected chi connectivity index (χ1v) is 9.69. The van der Waals surface area contributed by atoms with Crippen LogP contribution in [0.3, 0.4) is 0 Å². The van der Waals surface area contributed by atoms with Gasteiger partial charge in [-0.2, -0.15) is 0 Å². The summed E-state index contributed by atoms with van der Waals surface area (Å²) in [6.07, 6.45) is 1.43. The monoisotopic (exact) mass is 413 g/mol. The fourth-order valence-corrected chi connectivity index (χ4v) is 3.60. The third kappa shape index (κ3) is 3.75. The predicted octanol–water partition coefficient (Wildman–Crippen LogP) is 4.06. The zero-order chi connectivity index (χ0) is 21.8. The smallest absolute Gasteiger partial charge is 0.295 e. The van der Waals surface area contributed by atoms with E-state index in [1.54, 1.807) is 18.2 Å². The molecule has 1 saturated heterocycles. The first-order valence-electron chi connectivity index (χ1n) is 9.69. The molecule has 1 N–H and O–H groups in total. The van der Waals surface area contributed by atoms with Gasteiger partial charge in [-0.15, -0.1) is 0 Å². The summed E-state index contributed by atoms with van der Waals surface area (Å²) >= 11 is 0. The second kappa shape index (κ2) is 8.98. The molecule has 1 aliphatic heterocycles. The van der Waals surface area contributed by atoms with Crippen LogP contribution < -0.4 is 9.47 Å². The van der Waals surface area contributed by atoms with E-state index in [1.165, 1.54) is 43.4 Å². The van der Waals surface area contributed by atoms with E-state index < -0.39 is 29.3 Å². The van der Waals surface area contributed by atoms with Crippen LogP contribution in [0.5, 0.6) is 11.5 Å². The number of hydrogen-bond acceptors (Lipinski definition) is 5. The average Bonchev–Trinajstić information content (AvgIpc) is 3.01. The molecule has 6 nitrogen and oxygen atoms in total. The number of hydrogen-bond donors (Lipinski definition) is 1. The van der Waals surface area contributed by atoms with Crippen molar-refractivity contribution in [2.75, 3.05) is 20.8 Å². The van der Waals surface area contributed by atoms with Crippen molar-refractivity contribution in [3.8, 4) is 11.5 Å². The topological polar surface area (TPSA) is 76.1 Å². The van der Waals surface area contributed by atoms with Gasteiger partial charge in [0.05, 0.1) is 31.4 Å². The Morgan fingerprint density at radius 1 is 1.13 bits per heavy atom. The number of carbonyl (C=O) groups excluding carboxylic acids is 2. The van der Waals surface area contributed by atoms with Crippen LogP contribution in [0.2, 0.25) is 0 Å². The number of amides is 1. The Labute approximate surface area is 174 Å². The molecule has 1 fully saturated rings. The second-order valence-corrected chi connectivity index (χ2v) is 6.93. The van der Waals surface area contributed by atoms with Crippen LogP contribution in [0.15, 0.2) is 48.0 Å². The summed E-state index contributed by atoms with van der Waals surface area (Å²) < 4.78 is 25.2. The molecule has 30 heavy (non-hydrogen) atoms. The number of rotatable bonds is 7. The lowest BCUT2D eigenvalue weighted by Gasteiger charge is -2.25. The van der Waals surface area contributed by atoms with Crippen LogP contribution >= 0.6 is 0 Å². The van der Waals surface area contributed by atoms with Crippen molar-refractivity contribution in [2.24, 2.45) is 0 Å². The molecule has 0 aromatic heterocycles. The van der Waals surface area contributed by atoms with Gasteiger partial charge in [0, 0.05) is 18.2 Å². The standard InChI is InChI=1S/C23H24FNO5/c1-4-5-12-25-20(15-8-6-7-9-17(15)24)19(22(27)23(25)28)21(26)16-11-10-14(29-2)13-18(16)30-3/h6-11,13,20,26H,4-5,12H2,1-3H3/b21-19+. The van der Waals surface area contributed by atoms with Crippen LogP contribution in [0.1, 0.15) is 36.9 Å². The molecule has 1 atom stereocenters. The molecule has 0 radical (unpaired) electrons. The molecule has 7 heteroatoms. The van der Waals surface area contributed by atoms with Gasteiger partial charge in [-0.3, -0.25) is 9.59 Å². The number of aliphatic hydroxyl groups excluding tert-OH is 1. The second-order valence-electron chi connectivity index (χ2n) is 6.93. The third-order valence-electron chi connectivity index (χ3n) is 5.16. The number of benzene rings is 2. The van der Waals surface area contributed by atoms with Gasteiger partial charge >= 0.3 is 0 Å². The largest absolute Gasteiger partial charge is 0.507 e. The van der Waals surface area contributed by atoms with E-state index >= 15 is 0 Å². The molecular weight excluding hydrogens is 389 g/mol. The molecule has 0 bridgehead atoms. The molecule has 1 amide bonds. The van der Waals surface area contributed by atoms with Gasteiger partial charge in [0.15, 0.2) is 0 Å². The fourth-order valence-electron chi connectivity index (χ4n) is 3.60. The highest BCUT2D eigenvalue weighted by Crippen LogP contribution is 2.42. The van der Waals surface area contributed by atoms with E-state index in [0.717, 1.165) is 6.42 Å². The minimum Gasteiger partial charge on any atom is -0.507 e. The van der Waals surface area contributed by atoms with Crippen molar-refractivity contribution in [3.63, 3.8) is 0 Å². The number of halogens is 1. The number of likely N-dealkylation sites (tertiary alicyclic amines) is 1. The molecule has 0 aliphatic carbocycles. The summed E-state index contributed by atoms with van der Waals surface area (Å²) in [5.74, 6) is -1.82. The number of methoxy groups -OCH3 is 2. The van der Waals surface area contributed by atoms with Gasteiger partial charge in [0.2, 0.25) is 0 Å². The number of Topliss-reactive ketones (excluding diaryl/α,β-unsaturated/α-hetero) is 1. The van der Waals surface area contributed by atoms with Crippen LogP contribution in [-0.4, -0.2) is 42.5 Å². The summed E-state index contributed by atoms with van der Waals surface area (Å²) in [5.41, 5.74) is 0.208. The first kappa shape index (κ1) is 21.4. The zero-order valence-corrected chi connectivity index (χ0v) is 17.1. The molecule has 1 heterocycles. The van der Waals surface area contributed by atoms with Gasteiger partial charge in [0.25, 0.3) is 11.7 Å². The van der Waals surface area contributed by atoms with E-state index in [2.05, 4.69) is 0 Å². The first-order chi connectivity index (χ1) is 14.4. The molecule has 1 unspecified atom stereocenters. The summed E-state index contributed by atoms with van der Waals surface area (Å²) in [6.45, 7) is 2.23. The Kier molecular flexibility index (Phi) is 6.40. The lowest BCUT2D eigenvalue weighted by molar-refractivity contribution is -0.139. The highest BCUT2D eigenvalue weighted by molar-refractivity contribution is 6.46. The quantitative estimate of drug-likeness (QED) is 0.421. The number of nitrogens with zero attached hydrogens (tertiary/aromatic N) is 1. The predicted molar refractivity (Wildman–Crippen MR) is 110 cm³/mol. The fraction of sp³-hybridized carbons (Fsp3) is 0.304. The summed E-state index contributed by atoms with van der Waals surface area (Å²) in [4.78, 5) is 27.0. The average molecular weight is 413 g/mol. The normalized spacial score (nSPS) is 18.0. The molecular formula is C23H24FNO5. The Balaban J connectivity index is 2.23. The highest BCUT2D eigenvalue weighted by atomic mass is 19.1. The van der Waals surface area contributed by atoms with Crippen LogP contribution in [0, 0.1) is 5.82 Å². The van der Waals surface area contributed by atoms with E-state index in [9.17, 15) is 19.1 Å². The van der Waals surface area contributed by atoms with E-state index in [-0.39, 0.29) is 29.0 Å². The lowest BCUT2D eigenvalue weighted by atomic mass is 9.94. The molecule has 2 aromatic carbocycles. The summed E-state index contributed by atoms with van der Waals surface area (Å²) in [5, 5.41) is 11.1. The maximum absolute atomic E-state index is 14.7. The molecule has 158 valence electrons. The SMILES string of the molecule is CCCCN1C(=O)C(=O)/C(=C(/O)c2ccc(OC)cc2OC)C1c1ccccc1F. The van der Waals surface area contributed by atoms with E-state index in [4.69, 9.17) is 9.47 Å². The maximum atomic E-state index is 14.7. The van der Waals surface area contributed by atoms with Crippen LogP contribution in [0.4, 0.5) is 4.39 Å². The van der Waals surface area contributed by atoms with Gasteiger partial charge in [0.1, 0.15) is 23.1 Å². The van der Waals surface area contributed by atoms with Crippen LogP contribution in [-0.2, 0) is 9.59 Å². The maximum Gasteiger partial charge on any atom is 0.295 e. The molecule has 2 aromatic rings. The number of unbranched alkanes of at least 4 members (excludes halogenated alkanes) is 1.